The first-order valence-electron chi connectivity index (χ1n) is 15.7. The average molecular weight is 557 g/mol. The van der Waals surface area contributed by atoms with E-state index >= 15 is 0 Å². The molecule has 0 aliphatic heterocycles. The summed E-state index contributed by atoms with van der Waals surface area (Å²) in [6.45, 7) is 3.53. The largest absolute Gasteiger partial charge is 0.508 e. The van der Waals surface area contributed by atoms with Crippen molar-refractivity contribution >= 4 is 5.97 Å². The normalized spacial score (nSPS) is 10.9. The summed E-state index contributed by atoms with van der Waals surface area (Å²) in [7, 11) is 0. The number of phenols is 1. The number of hydrogen-bond donors (Lipinski definition) is 2. The second-order valence-corrected chi connectivity index (χ2v) is 10.6. The van der Waals surface area contributed by atoms with E-state index in [1.165, 1.54) is 96.0 Å². The Hall–Kier alpha value is -2.89. The molecule has 2 rings (SSSR count). The van der Waals surface area contributed by atoms with Crippen LogP contribution in [0.2, 0.25) is 0 Å². The van der Waals surface area contributed by atoms with Crippen molar-refractivity contribution in [1.29, 1.82) is 0 Å². The lowest BCUT2D eigenvalue weighted by molar-refractivity contribution is 0.0690. The van der Waals surface area contributed by atoms with Crippen molar-refractivity contribution in [3.05, 3.63) is 48.0 Å². The predicted octanol–water partition coefficient (Wildman–Crippen LogP) is 9.58. The molecule has 2 N–H and O–H groups in total. The molecule has 0 atom stereocenters. The van der Waals surface area contributed by atoms with Gasteiger partial charge >= 0.3 is 5.97 Å². The van der Waals surface area contributed by atoms with Crippen LogP contribution in [-0.2, 0) is 0 Å². The molecule has 0 saturated heterocycles. The van der Waals surface area contributed by atoms with Gasteiger partial charge in [0.15, 0.2) is 11.5 Å². The van der Waals surface area contributed by atoms with Gasteiger partial charge in [-0.25, -0.2) is 4.79 Å². The SMILES string of the molecule is CCCCCCCCCCCCCCCCCCOc1cccc(C(=O)O)c1OCCCOc1ccc(O)cc1. The first kappa shape index (κ1) is 33.3. The smallest absolute Gasteiger partial charge is 0.339 e. The fourth-order valence-electron chi connectivity index (χ4n) is 4.74. The molecular formula is C34H52O6. The number of hydrogen-bond acceptors (Lipinski definition) is 5. The Balaban J connectivity index is 1.54. The lowest BCUT2D eigenvalue weighted by atomic mass is 10.0. The van der Waals surface area contributed by atoms with Crippen LogP contribution in [0.3, 0.4) is 0 Å². The Bertz CT molecular complexity index is 911. The standard InChI is InChI=1S/C34H52O6/c1-2-3-4-5-6-7-8-9-10-11-12-13-14-15-16-17-26-39-32-21-18-20-31(34(36)37)33(32)40-28-19-27-38-30-24-22-29(35)23-25-30/h18,20-25,35H,2-17,19,26-28H2,1H3,(H,36,37). The van der Waals surface area contributed by atoms with Crippen LogP contribution in [0.5, 0.6) is 23.0 Å². The van der Waals surface area contributed by atoms with Crippen molar-refractivity contribution in [2.75, 3.05) is 19.8 Å². The highest BCUT2D eigenvalue weighted by molar-refractivity contribution is 5.92. The Morgan fingerprint density at radius 1 is 0.600 bits per heavy atom. The van der Waals surface area contributed by atoms with E-state index in [1.54, 1.807) is 36.4 Å². The van der Waals surface area contributed by atoms with Crippen LogP contribution < -0.4 is 14.2 Å². The number of benzene rings is 2. The van der Waals surface area contributed by atoms with Gasteiger partial charge in [-0.15, -0.1) is 0 Å². The molecule has 0 aromatic heterocycles. The first-order valence-corrected chi connectivity index (χ1v) is 15.7. The van der Waals surface area contributed by atoms with Crippen LogP contribution in [0.4, 0.5) is 0 Å². The molecule has 0 bridgehead atoms. The molecule has 0 aliphatic rings. The minimum atomic E-state index is -1.04. The first-order chi connectivity index (χ1) is 19.6. The fourth-order valence-corrected chi connectivity index (χ4v) is 4.74. The van der Waals surface area contributed by atoms with Crippen molar-refractivity contribution in [3.63, 3.8) is 0 Å². The number of rotatable bonds is 25. The third-order valence-electron chi connectivity index (χ3n) is 7.11. The third kappa shape index (κ3) is 15.0. The zero-order chi connectivity index (χ0) is 28.7. The average Bonchev–Trinajstić information content (AvgIpc) is 2.95. The zero-order valence-corrected chi connectivity index (χ0v) is 24.7. The highest BCUT2D eigenvalue weighted by atomic mass is 16.5. The van der Waals surface area contributed by atoms with Crippen molar-refractivity contribution < 1.29 is 29.2 Å². The van der Waals surface area contributed by atoms with Gasteiger partial charge in [-0.1, -0.05) is 109 Å². The quantitative estimate of drug-likeness (QED) is 0.118. The topological polar surface area (TPSA) is 85.2 Å². The fraction of sp³-hybridized carbons (Fsp3) is 0.618. The second kappa shape index (κ2) is 21.9. The lowest BCUT2D eigenvalue weighted by Gasteiger charge is -2.15. The molecule has 6 nitrogen and oxygen atoms in total. The Labute approximate surface area is 242 Å². The molecule has 0 heterocycles. The number of phenolic OH excluding ortho intramolecular Hbond substituents is 1. The van der Waals surface area contributed by atoms with E-state index in [2.05, 4.69) is 6.92 Å². The van der Waals surface area contributed by atoms with Gasteiger partial charge < -0.3 is 24.4 Å². The molecule has 0 aliphatic carbocycles. The van der Waals surface area contributed by atoms with Crippen molar-refractivity contribution in [2.45, 2.75) is 116 Å². The molecular weight excluding hydrogens is 504 g/mol. The number of ether oxygens (including phenoxy) is 3. The van der Waals surface area contributed by atoms with E-state index in [9.17, 15) is 15.0 Å². The Morgan fingerprint density at radius 3 is 1.65 bits per heavy atom. The number of aromatic carboxylic acids is 1. The van der Waals surface area contributed by atoms with Crippen LogP contribution in [0.15, 0.2) is 42.5 Å². The molecule has 0 unspecified atom stereocenters. The van der Waals surface area contributed by atoms with Gasteiger partial charge in [0.05, 0.1) is 19.8 Å². The summed E-state index contributed by atoms with van der Waals surface area (Å²) in [6, 6.07) is 11.5. The van der Waals surface area contributed by atoms with Crippen LogP contribution in [0.25, 0.3) is 0 Å². The van der Waals surface area contributed by atoms with Gasteiger partial charge in [0.1, 0.15) is 17.1 Å². The van der Waals surface area contributed by atoms with Crippen LogP contribution in [0, 0.1) is 0 Å². The molecule has 2 aromatic carbocycles. The Morgan fingerprint density at radius 2 is 1.10 bits per heavy atom. The molecule has 40 heavy (non-hydrogen) atoms. The maximum absolute atomic E-state index is 11.7. The number of unbranched alkanes of at least 4 members (excludes halogenated alkanes) is 15. The molecule has 0 saturated carbocycles. The van der Waals surface area contributed by atoms with Crippen LogP contribution in [0.1, 0.15) is 126 Å². The third-order valence-corrected chi connectivity index (χ3v) is 7.11. The van der Waals surface area contributed by atoms with Gasteiger partial charge in [0, 0.05) is 6.42 Å². The molecule has 0 radical (unpaired) electrons. The highest BCUT2D eigenvalue weighted by Crippen LogP contribution is 2.32. The monoisotopic (exact) mass is 556 g/mol. The zero-order valence-electron chi connectivity index (χ0n) is 24.7. The summed E-state index contributed by atoms with van der Waals surface area (Å²) in [5.41, 5.74) is 0.101. The van der Waals surface area contributed by atoms with E-state index in [4.69, 9.17) is 14.2 Å². The van der Waals surface area contributed by atoms with Gasteiger partial charge in [-0.05, 0) is 42.8 Å². The molecule has 224 valence electrons. The van der Waals surface area contributed by atoms with E-state index in [0.29, 0.717) is 37.7 Å². The summed E-state index contributed by atoms with van der Waals surface area (Å²) >= 11 is 0. The second-order valence-electron chi connectivity index (χ2n) is 10.6. The molecule has 2 aromatic rings. The van der Waals surface area contributed by atoms with E-state index in [1.807, 2.05) is 0 Å². The minimum absolute atomic E-state index is 0.101. The molecule has 0 fully saturated rings. The minimum Gasteiger partial charge on any atom is -0.508 e. The van der Waals surface area contributed by atoms with Crippen LogP contribution in [-0.4, -0.2) is 36.0 Å². The number of carbonyl (C=O) groups is 1. The lowest BCUT2D eigenvalue weighted by Crippen LogP contribution is -2.10. The number of carboxylic acids is 1. The maximum Gasteiger partial charge on any atom is 0.339 e. The summed E-state index contributed by atoms with van der Waals surface area (Å²) in [6.07, 6.45) is 21.7. The molecule has 6 heteroatoms. The van der Waals surface area contributed by atoms with Crippen molar-refractivity contribution in [2.24, 2.45) is 0 Å². The van der Waals surface area contributed by atoms with Gasteiger partial charge in [-0.2, -0.15) is 0 Å². The van der Waals surface area contributed by atoms with Gasteiger partial charge in [0.2, 0.25) is 0 Å². The number of aromatic hydroxyl groups is 1. The summed E-state index contributed by atoms with van der Waals surface area (Å²) in [4.78, 5) is 11.7. The van der Waals surface area contributed by atoms with E-state index in [-0.39, 0.29) is 17.1 Å². The number of para-hydroxylation sites is 1. The predicted molar refractivity (Wildman–Crippen MR) is 162 cm³/mol. The van der Waals surface area contributed by atoms with Gasteiger partial charge in [-0.3, -0.25) is 0 Å². The van der Waals surface area contributed by atoms with E-state index in [0.717, 1.165) is 12.8 Å². The Kier molecular flexibility index (Phi) is 18.2. The summed E-state index contributed by atoms with van der Waals surface area (Å²) < 4.78 is 17.4. The maximum atomic E-state index is 11.7. The van der Waals surface area contributed by atoms with Gasteiger partial charge in [0.25, 0.3) is 0 Å². The highest BCUT2D eigenvalue weighted by Gasteiger charge is 2.16. The summed E-state index contributed by atoms with van der Waals surface area (Å²) in [5, 5.41) is 19.0. The number of carboxylic acid groups (broad SMARTS) is 1. The summed E-state index contributed by atoms with van der Waals surface area (Å²) in [5.74, 6) is 0.555. The van der Waals surface area contributed by atoms with Crippen molar-refractivity contribution in [3.8, 4) is 23.0 Å². The van der Waals surface area contributed by atoms with Crippen molar-refractivity contribution in [1.82, 2.24) is 0 Å². The van der Waals surface area contributed by atoms with Crippen LogP contribution >= 0.6 is 0 Å². The molecule has 0 amide bonds. The van der Waals surface area contributed by atoms with E-state index < -0.39 is 5.97 Å². The molecule has 0 spiro atoms.